The van der Waals surface area contributed by atoms with E-state index in [9.17, 15) is 18.0 Å². The number of alkyl halides is 3. The zero-order valence-corrected chi connectivity index (χ0v) is 21.5. The largest absolute Gasteiger partial charge is 0.457 e. The molecule has 2 aromatic carbocycles. The van der Waals surface area contributed by atoms with E-state index >= 15 is 0 Å². The lowest BCUT2D eigenvalue weighted by atomic mass is 10.1. The number of imidazole rings is 1. The molecule has 1 aliphatic heterocycles. The van der Waals surface area contributed by atoms with Gasteiger partial charge in [-0.2, -0.15) is 13.2 Å². The van der Waals surface area contributed by atoms with Crippen LogP contribution in [0.15, 0.2) is 60.8 Å². The minimum Gasteiger partial charge on any atom is -0.457 e. The maximum atomic E-state index is 12.8. The summed E-state index contributed by atoms with van der Waals surface area (Å²) in [4.78, 5) is 23.1. The summed E-state index contributed by atoms with van der Waals surface area (Å²) in [5.41, 5.74) is 1.17. The molecule has 0 saturated carbocycles. The lowest BCUT2D eigenvalue weighted by Gasteiger charge is -2.40. The first-order chi connectivity index (χ1) is 18.5. The lowest BCUT2D eigenvalue weighted by Crippen LogP contribution is -2.55. The van der Waals surface area contributed by atoms with Crippen molar-refractivity contribution in [1.82, 2.24) is 19.4 Å². The van der Waals surface area contributed by atoms with Crippen LogP contribution in [0.2, 0.25) is 0 Å². The number of carbonyl (C=O) groups excluding carboxylic acids is 1. The van der Waals surface area contributed by atoms with Crippen LogP contribution in [-0.2, 0) is 18.0 Å². The molecule has 2 aromatic heterocycles. The highest BCUT2D eigenvalue weighted by atomic mass is 19.4. The van der Waals surface area contributed by atoms with Gasteiger partial charge in [0.05, 0.1) is 16.6 Å². The molecule has 0 spiro atoms. The van der Waals surface area contributed by atoms with Crippen molar-refractivity contribution in [3.8, 4) is 11.5 Å². The van der Waals surface area contributed by atoms with Gasteiger partial charge in [-0.25, -0.2) is 14.8 Å². The summed E-state index contributed by atoms with van der Waals surface area (Å²) in [6, 6.07) is 13.7. The average molecular weight is 541 g/mol. The smallest absolute Gasteiger partial charge is 0.416 e. The predicted octanol–water partition coefficient (Wildman–Crippen LogP) is 6.16. The molecule has 1 saturated heterocycles. The quantitative estimate of drug-likeness (QED) is 0.290. The number of likely N-dealkylation sites (tertiary alicyclic amines) is 1. The van der Waals surface area contributed by atoms with Crippen LogP contribution >= 0.6 is 0 Å². The second-order valence-electron chi connectivity index (χ2n) is 9.52. The van der Waals surface area contributed by atoms with E-state index in [0.717, 1.165) is 17.6 Å². The number of ether oxygens (including phenoxy) is 2. The van der Waals surface area contributed by atoms with Crippen molar-refractivity contribution in [2.24, 2.45) is 7.05 Å². The Kier molecular flexibility index (Phi) is 7.04. The Morgan fingerprint density at radius 3 is 2.46 bits per heavy atom. The van der Waals surface area contributed by atoms with Crippen molar-refractivity contribution in [3.05, 3.63) is 66.4 Å². The molecular weight excluding hydrogens is 513 g/mol. The molecule has 39 heavy (non-hydrogen) atoms. The summed E-state index contributed by atoms with van der Waals surface area (Å²) in [6.45, 7) is 5.60. The average Bonchev–Trinajstić information content (AvgIpc) is 3.15. The molecule has 4 aromatic rings. The number of pyridine rings is 1. The summed E-state index contributed by atoms with van der Waals surface area (Å²) >= 11 is 0. The molecule has 0 aliphatic carbocycles. The first-order valence-electron chi connectivity index (χ1n) is 12.3. The number of halogens is 3. The third-order valence-corrected chi connectivity index (χ3v) is 6.40. The maximum absolute atomic E-state index is 12.8. The van der Waals surface area contributed by atoms with Crippen molar-refractivity contribution in [2.75, 3.05) is 23.7 Å². The van der Waals surface area contributed by atoms with Gasteiger partial charge in [-0.1, -0.05) is 0 Å². The van der Waals surface area contributed by atoms with Crippen LogP contribution in [0.25, 0.3) is 11.0 Å². The van der Waals surface area contributed by atoms with Crippen molar-refractivity contribution in [3.63, 3.8) is 0 Å². The third-order valence-electron chi connectivity index (χ3n) is 6.40. The van der Waals surface area contributed by atoms with Gasteiger partial charge in [0, 0.05) is 50.2 Å². The van der Waals surface area contributed by atoms with E-state index in [1.54, 1.807) is 35.9 Å². The summed E-state index contributed by atoms with van der Waals surface area (Å²) in [7, 11) is 1.80. The normalized spacial score (nSPS) is 14.3. The molecule has 204 valence electrons. The van der Waals surface area contributed by atoms with Gasteiger partial charge in [0.25, 0.3) is 0 Å². The number of nitrogens with one attached hydrogen (secondary N) is 2. The second kappa shape index (κ2) is 10.4. The number of aryl methyl sites for hydroxylation is 1. The van der Waals surface area contributed by atoms with Gasteiger partial charge >= 0.3 is 12.3 Å². The number of hydrogen-bond acceptors (Lipinski definition) is 7. The number of hydrogen-bond donors (Lipinski definition) is 2. The van der Waals surface area contributed by atoms with Crippen LogP contribution in [0.4, 0.5) is 35.4 Å². The fourth-order valence-electron chi connectivity index (χ4n) is 4.16. The molecule has 0 radical (unpaired) electrons. The lowest BCUT2D eigenvalue weighted by molar-refractivity contribution is -0.137. The Hall–Kier alpha value is -4.32. The van der Waals surface area contributed by atoms with Gasteiger partial charge in [0.2, 0.25) is 5.95 Å². The summed E-state index contributed by atoms with van der Waals surface area (Å²) in [6.07, 6.45) is -3.60. The highest BCUT2D eigenvalue weighted by Gasteiger charge is 2.32. The monoisotopic (exact) mass is 540 g/mol. The number of nitrogens with zero attached hydrogens (tertiary/aromatic N) is 4. The number of amides is 1. The summed E-state index contributed by atoms with van der Waals surface area (Å²) in [5.74, 6) is 1.70. The molecule has 9 nitrogen and oxygen atoms in total. The zero-order valence-electron chi connectivity index (χ0n) is 21.5. The maximum Gasteiger partial charge on any atom is 0.416 e. The number of carbonyl (C=O) groups is 1. The highest BCUT2D eigenvalue weighted by Crippen LogP contribution is 2.32. The minimum absolute atomic E-state index is 0.143. The van der Waals surface area contributed by atoms with E-state index < -0.39 is 17.8 Å². The first kappa shape index (κ1) is 26.3. The molecule has 2 N–H and O–H groups in total. The Bertz CT molecular complexity index is 1480. The van der Waals surface area contributed by atoms with Gasteiger partial charge in [0.15, 0.2) is 0 Å². The topological polar surface area (TPSA) is 93.5 Å². The number of anilines is 3. The van der Waals surface area contributed by atoms with E-state index in [-0.39, 0.29) is 6.10 Å². The molecule has 0 bridgehead atoms. The van der Waals surface area contributed by atoms with E-state index in [1.165, 1.54) is 18.3 Å². The van der Waals surface area contributed by atoms with Crippen LogP contribution in [0, 0.1) is 0 Å². The molecular formula is C27H27F3N6O3. The minimum atomic E-state index is -4.40. The van der Waals surface area contributed by atoms with Crippen molar-refractivity contribution < 1.29 is 27.4 Å². The molecule has 0 atom stereocenters. The number of benzene rings is 2. The van der Waals surface area contributed by atoms with Crippen LogP contribution in [0.5, 0.6) is 11.5 Å². The van der Waals surface area contributed by atoms with E-state index in [0.29, 0.717) is 53.6 Å². The van der Waals surface area contributed by atoms with Crippen LogP contribution < -0.4 is 15.4 Å². The van der Waals surface area contributed by atoms with E-state index in [4.69, 9.17) is 9.47 Å². The van der Waals surface area contributed by atoms with Gasteiger partial charge < -0.3 is 19.4 Å². The zero-order chi connectivity index (χ0) is 27.7. The molecule has 0 unspecified atom stereocenters. The SMILES string of the molecule is CC(C)N1CC(OC(=O)Nc2cc(Oc3ccc4c(c3)nc(Nc3ccc(C(F)(F)F)cc3)n4C)ccn2)C1. The molecule has 1 fully saturated rings. The van der Waals surface area contributed by atoms with E-state index in [1.807, 2.05) is 6.07 Å². The summed E-state index contributed by atoms with van der Waals surface area (Å²) < 4.78 is 51.7. The Labute approximate surface area is 222 Å². The highest BCUT2D eigenvalue weighted by molar-refractivity contribution is 5.84. The molecule has 3 heterocycles. The van der Waals surface area contributed by atoms with Crippen LogP contribution in [0.3, 0.4) is 0 Å². The Morgan fingerprint density at radius 1 is 1.05 bits per heavy atom. The number of rotatable bonds is 7. The van der Waals surface area contributed by atoms with Crippen molar-refractivity contribution in [1.29, 1.82) is 0 Å². The fourth-order valence-corrected chi connectivity index (χ4v) is 4.16. The Balaban J connectivity index is 1.23. The van der Waals surface area contributed by atoms with Crippen molar-refractivity contribution >= 4 is 34.6 Å². The van der Waals surface area contributed by atoms with Gasteiger partial charge in [-0.15, -0.1) is 0 Å². The van der Waals surface area contributed by atoms with E-state index in [2.05, 4.69) is 39.3 Å². The second-order valence-corrected chi connectivity index (χ2v) is 9.52. The first-order valence-corrected chi connectivity index (χ1v) is 12.3. The van der Waals surface area contributed by atoms with Gasteiger partial charge in [0.1, 0.15) is 23.4 Å². The fraction of sp³-hybridized carbons (Fsp3) is 0.296. The third kappa shape index (κ3) is 6.06. The number of aromatic nitrogens is 3. The molecule has 1 aliphatic rings. The summed E-state index contributed by atoms with van der Waals surface area (Å²) in [5, 5.41) is 5.67. The number of fused-ring (bicyclic) bond motifs is 1. The predicted molar refractivity (Wildman–Crippen MR) is 140 cm³/mol. The van der Waals surface area contributed by atoms with Crippen LogP contribution in [0.1, 0.15) is 19.4 Å². The Morgan fingerprint density at radius 2 is 1.77 bits per heavy atom. The van der Waals surface area contributed by atoms with Gasteiger partial charge in [-0.05, 0) is 56.3 Å². The van der Waals surface area contributed by atoms with Crippen molar-refractivity contribution in [2.45, 2.75) is 32.2 Å². The van der Waals surface area contributed by atoms with Crippen LogP contribution in [-0.4, -0.2) is 50.8 Å². The molecule has 5 rings (SSSR count). The molecule has 12 heteroatoms. The van der Waals surface area contributed by atoms with Gasteiger partial charge in [-0.3, -0.25) is 10.2 Å². The standard InChI is InChI=1S/C27H27F3N6O3/c1-16(2)36-14-21(15-36)39-26(37)34-24-13-20(10-11-31-24)38-19-8-9-23-22(12-19)33-25(35(23)3)32-18-6-4-17(5-7-18)27(28,29)30/h4-13,16,21H,14-15H2,1-3H3,(H,32,33)(H,31,34,37). The molecule has 1 amide bonds.